The van der Waals surface area contributed by atoms with Crippen molar-refractivity contribution in [1.29, 1.82) is 0 Å². The van der Waals surface area contributed by atoms with Gasteiger partial charge in [0.1, 0.15) is 0 Å². The van der Waals surface area contributed by atoms with Gasteiger partial charge >= 0.3 is 0 Å². The highest BCUT2D eigenvalue weighted by molar-refractivity contribution is 8.25. The molecule has 4 heteroatoms. The Labute approximate surface area is 55.9 Å². The number of halogens is 2. The minimum absolute atomic E-state index is 0.00810. The van der Waals surface area contributed by atoms with Crippen molar-refractivity contribution in [2.24, 2.45) is 0 Å². The molecule has 0 N–H and O–H groups in total. The topological polar surface area (TPSA) is 3.24 Å². The minimum Gasteiger partial charge on any atom is -0.291 e. The van der Waals surface area contributed by atoms with Crippen molar-refractivity contribution in [3.05, 3.63) is 0 Å². The molecule has 0 amide bonds. The Hall–Kier alpha value is 0.170. The Kier molecular flexibility index (Phi) is 1.69. The maximum absolute atomic E-state index is 12.5. The monoisotopic (exact) mass is 155 g/mol. The van der Waals surface area contributed by atoms with Gasteiger partial charge in [-0.3, -0.25) is 4.90 Å². The van der Waals surface area contributed by atoms with E-state index in [2.05, 4.69) is 0 Å². The molecular formula is C5H11F2NS. The molecule has 0 bridgehead atoms. The highest BCUT2D eigenvalue weighted by Crippen LogP contribution is 2.56. The predicted octanol–water partition coefficient (Wildman–Crippen LogP) is 1.85. The molecule has 0 saturated carbocycles. The molecule has 0 spiro atoms. The van der Waals surface area contributed by atoms with E-state index in [1.807, 2.05) is 6.92 Å². The van der Waals surface area contributed by atoms with E-state index < -0.39 is 10.8 Å². The van der Waals surface area contributed by atoms with Crippen molar-refractivity contribution in [3.63, 3.8) is 0 Å². The maximum atomic E-state index is 12.5. The lowest BCUT2D eigenvalue weighted by Gasteiger charge is -2.12. The fourth-order valence-electron chi connectivity index (χ4n) is 0.958. The van der Waals surface area contributed by atoms with Gasteiger partial charge in [-0.15, -0.1) is 0 Å². The van der Waals surface area contributed by atoms with E-state index in [1.54, 1.807) is 11.9 Å². The van der Waals surface area contributed by atoms with Crippen molar-refractivity contribution in [1.82, 2.24) is 4.90 Å². The molecule has 1 heterocycles. The lowest BCUT2D eigenvalue weighted by Crippen LogP contribution is -2.22. The number of nitrogens with zero attached hydrogens (tertiary/aromatic N) is 1. The summed E-state index contributed by atoms with van der Waals surface area (Å²) in [5.41, 5.74) is 0. The third-order valence-corrected chi connectivity index (χ3v) is 3.39. The van der Waals surface area contributed by atoms with Crippen LogP contribution >= 0.6 is 10.8 Å². The summed E-state index contributed by atoms with van der Waals surface area (Å²) in [5, 5.41) is 0. The highest BCUT2D eigenvalue weighted by atomic mass is 32.3. The molecule has 0 radical (unpaired) electrons. The normalized spacial score (nSPS) is 38.9. The lowest BCUT2D eigenvalue weighted by molar-refractivity contribution is 0.343. The molecule has 1 unspecified atom stereocenters. The summed E-state index contributed by atoms with van der Waals surface area (Å²) in [6, 6.07) is 0.0787. The Morgan fingerprint density at radius 3 is 2.22 bits per heavy atom. The zero-order valence-corrected chi connectivity index (χ0v) is 6.42. The van der Waals surface area contributed by atoms with E-state index in [0.717, 1.165) is 0 Å². The summed E-state index contributed by atoms with van der Waals surface area (Å²) >= 11 is 0. The second-order valence-corrected chi connectivity index (χ2v) is 4.59. The number of rotatable bonds is 0. The van der Waals surface area contributed by atoms with Crippen LogP contribution in [-0.4, -0.2) is 29.6 Å². The van der Waals surface area contributed by atoms with Crippen molar-refractivity contribution >= 4 is 10.8 Å². The summed E-state index contributed by atoms with van der Waals surface area (Å²) < 4.78 is 25.0. The smallest absolute Gasteiger partial charge is 0.0825 e. The quantitative estimate of drug-likeness (QED) is 0.516. The summed E-state index contributed by atoms with van der Waals surface area (Å²) in [5.74, 6) is 0.109. The first kappa shape index (κ1) is 7.28. The van der Waals surface area contributed by atoms with Crippen LogP contribution in [0.4, 0.5) is 7.77 Å². The lowest BCUT2D eigenvalue weighted by atomic mass is 10.4. The van der Waals surface area contributed by atoms with E-state index in [9.17, 15) is 7.77 Å². The van der Waals surface area contributed by atoms with Crippen LogP contribution in [0, 0.1) is 0 Å². The van der Waals surface area contributed by atoms with E-state index >= 15 is 0 Å². The first-order chi connectivity index (χ1) is 4.01. The first-order valence-electron chi connectivity index (χ1n) is 2.89. The summed E-state index contributed by atoms with van der Waals surface area (Å²) in [7, 11) is -1.47. The van der Waals surface area contributed by atoms with E-state index in [0.29, 0.717) is 0 Å². The van der Waals surface area contributed by atoms with E-state index in [4.69, 9.17) is 0 Å². The molecule has 9 heavy (non-hydrogen) atoms. The fraction of sp³-hybridized carbons (Fsp3) is 1.00. The molecule has 1 fully saturated rings. The van der Waals surface area contributed by atoms with Gasteiger partial charge in [-0.25, -0.2) is 0 Å². The number of hydrogen-bond acceptors (Lipinski definition) is 1. The Morgan fingerprint density at radius 2 is 2.11 bits per heavy atom. The van der Waals surface area contributed by atoms with Crippen LogP contribution in [0.25, 0.3) is 0 Å². The number of hydrogen-bond donors (Lipinski definition) is 0. The molecule has 1 aliphatic rings. The molecule has 1 atom stereocenters. The van der Waals surface area contributed by atoms with E-state index in [1.165, 1.54) is 0 Å². The van der Waals surface area contributed by atoms with Gasteiger partial charge in [0.25, 0.3) is 0 Å². The van der Waals surface area contributed by atoms with Gasteiger partial charge in [-0.1, -0.05) is 0 Å². The molecule has 0 aromatic rings. The summed E-state index contributed by atoms with van der Waals surface area (Å²) in [6.45, 7) is 1.84. The van der Waals surface area contributed by atoms with Crippen molar-refractivity contribution in [2.75, 3.05) is 18.7 Å². The zero-order valence-electron chi connectivity index (χ0n) is 5.60. The second kappa shape index (κ2) is 2.09. The standard InChI is InChI=1S/C5H11F2NS/c1-5-3-9(6,7)4-8(5)2/h5H,3-4H2,1-2H3. The fourth-order valence-corrected chi connectivity index (χ4v) is 2.87. The third kappa shape index (κ3) is 1.55. The molecule has 1 nitrogen and oxygen atoms in total. The highest BCUT2D eigenvalue weighted by Gasteiger charge is 2.36. The average Bonchev–Trinajstić information content (AvgIpc) is 1.79. The van der Waals surface area contributed by atoms with Crippen LogP contribution in [0.1, 0.15) is 6.92 Å². The van der Waals surface area contributed by atoms with Crippen LogP contribution in [0.3, 0.4) is 0 Å². The zero-order chi connectivity index (χ0) is 7.07. The van der Waals surface area contributed by atoms with Gasteiger partial charge in [0.2, 0.25) is 0 Å². The van der Waals surface area contributed by atoms with Crippen LogP contribution in [-0.2, 0) is 0 Å². The Balaban J connectivity index is 2.54. The van der Waals surface area contributed by atoms with Gasteiger partial charge in [-0.05, 0) is 14.0 Å². The molecule has 1 saturated heterocycles. The van der Waals surface area contributed by atoms with Gasteiger partial charge in [0.15, 0.2) is 0 Å². The Bertz CT molecular complexity index is 106. The molecular weight excluding hydrogens is 144 g/mol. The molecule has 1 rings (SSSR count). The van der Waals surface area contributed by atoms with Crippen LogP contribution in [0.15, 0.2) is 0 Å². The minimum atomic E-state index is -3.22. The van der Waals surface area contributed by atoms with Crippen molar-refractivity contribution < 1.29 is 7.77 Å². The van der Waals surface area contributed by atoms with Crippen LogP contribution < -0.4 is 0 Å². The maximum Gasteiger partial charge on any atom is 0.0825 e. The average molecular weight is 155 g/mol. The SMILES string of the molecule is CC1CS(F)(F)CN1C. The van der Waals surface area contributed by atoms with Crippen LogP contribution in [0.2, 0.25) is 0 Å². The third-order valence-electron chi connectivity index (χ3n) is 1.63. The molecule has 56 valence electrons. The Morgan fingerprint density at radius 1 is 1.56 bits per heavy atom. The first-order valence-corrected chi connectivity index (χ1v) is 4.67. The molecule has 0 aliphatic carbocycles. The molecule has 0 aromatic carbocycles. The predicted molar refractivity (Wildman–Crippen MR) is 36.8 cm³/mol. The molecule has 1 aliphatic heterocycles. The largest absolute Gasteiger partial charge is 0.291 e. The van der Waals surface area contributed by atoms with Crippen molar-refractivity contribution in [2.45, 2.75) is 13.0 Å². The summed E-state index contributed by atoms with van der Waals surface area (Å²) in [4.78, 5) is 1.72. The summed E-state index contributed by atoms with van der Waals surface area (Å²) in [6.07, 6.45) is 0. The van der Waals surface area contributed by atoms with Gasteiger partial charge in [0, 0.05) is 11.8 Å². The van der Waals surface area contributed by atoms with Gasteiger partial charge in [-0.2, -0.15) is 7.77 Å². The van der Waals surface area contributed by atoms with Gasteiger partial charge < -0.3 is 0 Å². The van der Waals surface area contributed by atoms with Crippen LogP contribution in [0.5, 0.6) is 0 Å². The van der Waals surface area contributed by atoms with E-state index in [-0.39, 0.29) is 17.7 Å². The van der Waals surface area contributed by atoms with Crippen molar-refractivity contribution in [3.8, 4) is 0 Å². The molecule has 0 aromatic heterocycles. The second-order valence-electron chi connectivity index (χ2n) is 2.60. The van der Waals surface area contributed by atoms with Gasteiger partial charge in [0.05, 0.1) is 16.7 Å².